The van der Waals surface area contributed by atoms with Crippen LogP contribution in [0.3, 0.4) is 0 Å². The van der Waals surface area contributed by atoms with Gasteiger partial charge in [-0.15, -0.1) is 0 Å². The molecule has 6 rings (SSSR count). The second-order valence-corrected chi connectivity index (χ2v) is 17.0. The fraction of sp³-hybridized carbons (Fsp3) is 0.833. The van der Waals surface area contributed by atoms with Crippen molar-refractivity contribution in [1.29, 1.82) is 0 Å². The van der Waals surface area contributed by atoms with Crippen molar-refractivity contribution in [2.45, 2.75) is 184 Å². The van der Waals surface area contributed by atoms with Gasteiger partial charge in [-0.2, -0.15) is 0 Å². The minimum absolute atomic E-state index is 1.90. The molecule has 0 aromatic rings. The molecule has 0 aliphatic carbocycles. The van der Waals surface area contributed by atoms with Gasteiger partial charge in [-0.1, -0.05) is 0 Å². The number of rotatable bonds is 16. The van der Waals surface area contributed by atoms with Gasteiger partial charge in [-0.3, -0.25) is 0 Å². The van der Waals surface area contributed by atoms with E-state index in [0.29, 0.717) is 0 Å². The Kier molecular flexibility index (Phi) is 18.3. The summed E-state index contributed by atoms with van der Waals surface area (Å²) in [5.74, 6) is -12.2. The van der Waals surface area contributed by atoms with Gasteiger partial charge in [0.15, 0.2) is 74.4 Å². The van der Waals surface area contributed by atoms with Gasteiger partial charge in [0.2, 0.25) is 0 Å². The molecule has 0 aromatic carbocycles. The maximum Gasteiger partial charge on any atom is 0.335 e. The average molecular weight is 1070 g/mol. The lowest BCUT2D eigenvalue weighted by molar-refractivity contribution is -0.386. The van der Waals surface area contributed by atoms with Crippen LogP contribution < -0.4 is 0 Å². The third-order valence-corrected chi connectivity index (χ3v) is 12.2. The Bertz CT molecular complexity index is 1990. The van der Waals surface area contributed by atoms with E-state index in [1.54, 1.807) is 0 Å². The Morgan fingerprint density at radius 3 is 0.658 bits per heavy atom. The summed E-state index contributed by atoms with van der Waals surface area (Å²) in [7, 11) is 0. The van der Waals surface area contributed by atoms with Crippen molar-refractivity contribution in [2.24, 2.45) is 0 Å². The summed E-state index contributed by atoms with van der Waals surface area (Å²) >= 11 is 0. The number of hydrogen-bond donors (Lipinski definition) is 20. The van der Waals surface area contributed by atoms with Crippen molar-refractivity contribution in [1.82, 2.24) is 0 Å². The van der Waals surface area contributed by atoms with E-state index in [9.17, 15) is 131 Å². The molecule has 6 saturated heterocycles. The van der Waals surface area contributed by atoms with E-state index in [-0.39, 0.29) is 0 Å². The predicted molar refractivity (Wildman–Crippen MR) is 202 cm³/mol. The van der Waals surface area contributed by atoms with Crippen molar-refractivity contribution in [3.63, 3.8) is 0 Å². The van der Waals surface area contributed by atoms with Crippen LogP contribution in [0.4, 0.5) is 0 Å². The van der Waals surface area contributed by atoms with Crippen LogP contribution in [0.25, 0.3) is 0 Å². The first-order valence-electron chi connectivity index (χ1n) is 21.1. The minimum atomic E-state index is -2.64. The van der Waals surface area contributed by atoms with Gasteiger partial charge >= 0.3 is 35.8 Å². The molecule has 0 amide bonds. The van der Waals surface area contributed by atoms with Crippen molar-refractivity contribution in [2.75, 3.05) is 0 Å². The summed E-state index contributed by atoms with van der Waals surface area (Å²) in [6, 6.07) is 0. The zero-order chi connectivity index (χ0) is 54.6. The molecule has 0 bridgehead atoms. The molecule has 30 unspecified atom stereocenters. The smallest absolute Gasteiger partial charge is 0.335 e. The van der Waals surface area contributed by atoms with Gasteiger partial charge in [0.05, 0.1) is 0 Å². The van der Waals surface area contributed by atoms with Crippen LogP contribution in [0.2, 0.25) is 0 Å². The summed E-state index contributed by atoms with van der Waals surface area (Å²) in [4.78, 5) is 72.8. The number of carboxylic acids is 6. The molecule has 37 nitrogen and oxygen atoms in total. The van der Waals surface area contributed by atoms with E-state index < -0.39 is 220 Å². The summed E-state index contributed by atoms with van der Waals surface area (Å²) in [6.07, 6.45) is -73.7. The van der Waals surface area contributed by atoms with Gasteiger partial charge in [0.25, 0.3) is 0 Å². The molecule has 0 radical (unpaired) electrons. The Morgan fingerprint density at radius 2 is 0.425 bits per heavy atom. The molecule has 6 heterocycles. The van der Waals surface area contributed by atoms with Crippen molar-refractivity contribution in [3.05, 3.63) is 0 Å². The fourth-order valence-electron chi connectivity index (χ4n) is 8.34. The Morgan fingerprint density at radius 1 is 0.233 bits per heavy atom. The van der Waals surface area contributed by atoms with Gasteiger partial charge in [-0.05, 0) is 0 Å². The van der Waals surface area contributed by atoms with E-state index in [4.69, 9.17) is 47.4 Å². The molecular formula is C36H50O37. The lowest BCUT2D eigenvalue weighted by atomic mass is 9.95. The van der Waals surface area contributed by atoms with Crippen LogP contribution in [-0.4, -0.2) is 322 Å². The van der Waals surface area contributed by atoms with E-state index in [2.05, 4.69) is 4.74 Å². The molecule has 0 aromatic heterocycles. The third-order valence-electron chi connectivity index (χ3n) is 12.2. The number of aliphatic carboxylic acids is 6. The first kappa shape index (κ1) is 58.1. The van der Waals surface area contributed by atoms with Crippen molar-refractivity contribution in [3.8, 4) is 0 Å². The van der Waals surface area contributed by atoms with Gasteiger partial charge in [0.1, 0.15) is 110 Å². The Balaban J connectivity index is 1.13. The summed E-state index contributed by atoms with van der Waals surface area (Å²) < 4.78 is 56.5. The van der Waals surface area contributed by atoms with Crippen LogP contribution in [-0.2, 0) is 80.9 Å². The lowest BCUT2D eigenvalue weighted by Crippen LogP contribution is -2.69. The van der Waals surface area contributed by atoms with Crippen LogP contribution in [0, 0.1) is 0 Å². The Hall–Kier alpha value is -4.18. The summed E-state index contributed by atoms with van der Waals surface area (Å²) in [5, 5.41) is 207. The topological polar surface area (TPSA) is 609 Å². The molecule has 6 fully saturated rings. The van der Waals surface area contributed by atoms with Crippen LogP contribution in [0.15, 0.2) is 0 Å². The largest absolute Gasteiger partial charge is 0.479 e. The number of carboxylic acid groups (broad SMARTS) is 6. The highest BCUT2D eigenvalue weighted by atomic mass is 16.8. The molecule has 416 valence electrons. The predicted octanol–water partition coefficient (Wildman–Crippen LogP) is -13.5. The first-order chi connectivity index (χ1) is 34.0. The van der Waals surface area contributed by atoms with E-state index in [1.807, 2.05) is 0 Å². The van der Waals surface area contributed by atoms with Gasteiger partial charge in [0, 0.05) is 0 Å². The minimum Gasteiger partial charge on any atom is -0.479 e. The molecule has 0 saturated carbocycles. The third kappa shape index (κ3) is 11.5. The van der Waals surface area contributed by atoms with Gasteiger partial charge in [-0.25, -0.2) is 28.8 Å². The highest BCUT2D eigenvalue weighted by molar-refractivity contribution is 5.76. The van der Waals surface area contributed by atoms with E-state index >= 15 is 0 Å². The van der Waals surface area contributed by atoms with Crippen LogP contribution in [0.5, 0.6) is 0 Å². The number of aliphatic hydroxyl groups is 14. The lowest BCUT2D eigenvalue weighted by Gasteiger charge is -2.48. The highest BCUT2D eigenvalue weighted by Crippen LogP contribution is 2.37. The van der Waals surface area contributed by atoms with Crippen LogP contribution >= 0.6 is 0 Å². The summed E-state index contributed by atoms with van der Waals surface area (Å²) in [5.41, 5.74) is 0. The Labute approximate surface area is 403 Å². The SMILES string of the molecule is O=C(O)C1OC(OC2C(C(=O)O)OC(OC3C(C(=O)O)OC(OC4C(C(=O)O)OC(OC5C(C(=O)O)OC(OC6C(C(=O)O)OC(O)C(O)C6O)C(O)C5O)C(O)C4O)C(O)C3O)C(O)C2O)C(O)C(O)C1O. The molecule has 73 heavy (non-hydrogen) atoms. The number of ether oxygens (including phenoxy) is 11. The average Bonchev–Trinajstić information content (AvgIpc) is 3.31. The van der Waals surface area contributed by atoms with E-state index in [1.165, 1.54) is 0 Å². The second kappa shape index (κ2) is 23.0. The highest BCUT2D eigenvalue weighted by Gasteiger charge is 2.60. The summed E-state index contributed by atoms with van der Waals surface area (Å²) in [6.45, 7) is 0. The monoisotopic (exact) mass is 1070 g/mol. The van der Waals surface area contributed by atoms with E-state index in [0.717, 1.165) is 0 Å². The number of hydrogen-bond acceptors (Lipinski definition) is 31. The zero-order valence-electron chi connectivity index (χ0n) is 36.2. The molecular weight excluding hydrogens is 1020 g/mol. The molecule has 6 aliphatic heterocycles. The van der Waals surface area contributed by atoms with Crippen molar-refractivity contribution >= 4 is 35.8 Å². The number of carbonyl (C=O) groups is 6. The number of aliphatic hydroxyl groups excluding tert-OH is 14. The van der Waals surface area contributed by atoms with Gasteiger partial charge < -0.3 is 154 Å². The maximum absolute atomic E-state index is 12.5. The molecule has 37 heteroatoms. The van der Waals surface area contributed by atoms with Crippen LogP contribution in [0.1, 0.15) is 0 Å². The molecule has 30 atom stereocenters. The van der Waals surface area contributed by atoms with Crippen molar-refractivity contribution < 1.29 is 183 Å². The standard InChI is InChI=1S/C36H50O37/c37-1-2(38)19(25(50)51)69-32(9(1)45)65-15-4(40)11(47)34(71-21(15)27(54)55)67-17-6(42)13(49)36(73-23(17)29(58)59)68-18-7(43)12(48)35(72-24(18)30(60)61)66-16-5(41)10(46)33(70-22(16)28(56)57)64-14-3(39)8(44)31(62)63-20(14)26(52)53/h1-24,31-49,62H,(H,50,51)(H,52,53)(H,54,55)(H,56,57)(H,58,59)(H,60,61). The maximum atomic E-state index is 12.5. The molecule has 0 spiro atoms. The normalized spacial score (nSPS) is 49.6. The molecule has 6 aliphatic rings. The fourth-order valence-corrected chi connectivity index (χ4v) is 8.34. The second-order valence-electron chi connectivity index (χ2n) is 17.0. The molecule has 20 N–H and O–H groups in total. The first-order valence-corrected chi connectivity index (χ1v) is 21.1. The zero-order valence-corrected chi connectivity index (χ0v) is 36.2. The quantitative estimate of drug-likeness (QED) is 0.0682.